The number of aliphatic hydroxyl groups is 1. The minimum absolute atomic E-state index is 0. The molecule has 1 fully saturated rings. The number of likely N-dealkylation sites (tertiary alicyclic amines) is 1. The molecule has 1 saturated heterocycles. The van der Waals surface area contributed by atoms with Crippen LogP contribution in [0.25, 0.3) is 0 Å². The predicted molar refractivity (Wildman–Crippen MR) is 32.5 cm³/mol. The van der Waals surface area contributed by atoms with Gasteiger partial charge in [-0.15, -0.1) is 0 Å². The van der Waals surface area contributed by atoms with Gasteiger partial charge >= 0.3 is 0 Å². The molecule has 3 heteroatoms. The van der Waals surface area contributed by atoms with Gasteiger partial charge in [-0.3, -0.25) is 0 Å². The highest BCUT2D eigenvalue weighted by atomic mass is 127. The van der Waals surface area contributed by atoms with Crippen LogP contribution in [0.3, 0.4) is 0 Å². The third-order valence-corrected chi connectivity index (χ3v) is 1.77. The smallest absolute Gasteiger partial charge is 0.108 e. The predicted octanol–water partition coefficient (Wildman–Crippen LogP) is -3.17. The van der Waals surface area contributed by atoms with Crippen molar-refractivity contribution >= 4 is 0 Å². The SMILES string of the molecule is C[N+]1(C)CC[C@@H](O)C1.[I-]. The monoisotopic (exact) mass is 243 g/mol. The molecule has 2 nitrogen and oxygen atoms in total. The van der Waals surface area contributed by atoms with Crippen molar-refractivity contribution in [2.45, 2.75) is 12.5 Å². The summed E-state index contributed by atoms with van der Waals surface area (Å²) in [7, 11) is 4.30. The number of hydrogen-bond donors (Lipinski definition) is 1. The van der Waals surface area contributed by atoms with Crippen molar-refractivity contribution in [3.63, 3.8) is 0 Å². The van der Waals surface area contributed by atoms with Gasteiger partial charge in [0.2, 0.25) is 0 Å². The quantitative estimate of drug-likeness (QED) is 0.351. The summed E-state index contributed by atoms with van der Waals surface area (Å²) in [5.41, 5.74) is 0. The van der Waals surface area contributed by atoms with Crippen LogP contribution in [0.4, 0.5) is 0 Å². The molecular weight excluding hydrogens is 229 g/mol. The summed E-state index contributed by atoms with van der Waals surface area (Å²) in [6, 6.07) is 0. The van der Waals surface area contributed by atoms with Crippen LogP contribution in [0.2, 0.25) is 0 Å². The van der Waals surface area contributed by atoms with Crippen LogP contribution in [0.5, 0.6) is 0 Å². The summed E-state index contributed by atoms with van der Waals surface area (Å²) >= 11 is 0. The van der Waals surface area contributed by atoms with Gasteiger partial charge in [0, 0.05) is 6.42 Å². The third-order valence-electron chi connectivity index (χ3n) is 1.77. The molecule has 0 aromatic rings. The average Bonchev–Trinajstić information content (AvgIpc) is 1.82. The second-order valence-electron chi connectivity index (χ2n) is 3.28. The molecule has 0 aromatic carbocycles. The van der Waals surface area contributed by atoms with Gasteiger partial charge in [0.15, 0.2) is 0 Å². The van der Waals surface area contributed by atoms with Crippen molar-refractivity contribution in [2.24, 2.45) is 0 Å². The van der Waals surface area contributed by atoms with Crippen molar-refractivity contribution < 1.29 is 33.6 Å². The number of quaternary nitrogens is 1. The Morgan fingerprint density at radius 3 is 2.11 bits per heavy atom. The van der Waals surface area contributed by atoms with Gasteiger partial charge in [-0.1, -0.05) is 0 Å². The molecule has 1 aliphatic rings. The second kappa shape index (κ2) is 3.16. The lowest BCUT2D eigenvalue weighted by atomic mass is 10.3. The van der Waals surface area contributed by atoms with E-state index in [9.17, 15) is 0 Å². The Morgan fingerprint density at radius 2 is 2.00 bits per heavy atom. The fourth-order valence-corrected chi connectivity index (χ4v) is 1.25. The molecule has 1 rings (SSSR count). The maximum absolute atomic E-state index is 9.05. The molecule has 1 heterocycles. The Kier molecular flexibility index (Phi) is 3.39. The fourth-order valence-electron chi connectivity index (χ4n) is 1.25. The molecule has 0 spiro atoms. The van der Waals surface area contributed by atoms with Crippen molar-refractivity contribution in [3.05, 3.63) is 0 Å². The van der Waals surface area contributed by atoms with Gasteiger partial charge in [-0.2, -0.15) is 0 Å². The van der Waals surface area contributed by atoms with Gasteiger partial charge in [0.05, 0.1) is 20.6 Å². The topological polar surface area (TPSA) is 20.2 Å². The zero-order chi connectivity index (χ0) is 6.20. The van der Waals surface area contributed by atoms with Gasteiger partial charge < -0.3 is 33.6 Å². The van der Waals surface area contributed by atoms with E-state index in [1.54, 1.807) is 0 Å². The summed E-state index contributed by atoms with van der Waals surface area (Å²) in [4.78, 5) is 0. The lowest BCUT2D eigenvalue weighted by Gasteiger charge is -2.22. The molecule has 0 amide bonds. The highest BCUT2D eigenvalue weighted by Crippen LogP contribution is 2.12. The number of likely N-dealkylation sites (N-methyl/N-ethyl adjacent to an activating group) is 1. The Labute approximate surface area is 73.5 Å². The van der Waals surface area contributed by atoms with Crippen LogP contribution < -0.4 is 24.0 Å². The minimum Gasteiger partial charge on any atom is -1.00 e. The van der Waals surface area contributed by atoms with Crippen LogP contribution in [-0.4, -0.2) is 42.9 Å². The van der Waals surface area contributed by atoms with E-state index in [1.165, 1.54) is 0 Å². The number of rotatable bonds is 0. The Bertz CT molecular complexity index is 95.1. The third kappa shape index (κ3) is 2.82. The summed E-state index contributed by atoms with van der Waals surface area (Å²) < 4.78 is 0.987. The molecule has 1 aliphatic heterocycles. The molecule has 0 bridgehead atoms. The first-order valence-electron chi connectivity index (χ1n) is 3.10. The summed E-state index contributed by atoms with van der Waals surface area (Å²) in [5.74, 6) is 0. The van der Waals surface area contributed by atoms with Gasteiger partial charge in [0.25, 0.3) is 0 Å². The van der Waals surface area contributed by atoms with Crippen LogP contribution in [0, 0.1) is 0 Å². The van der Waals surface area contributed by atoms with Crippen molar-refractivity contribution in [2.75, 3.05) is 27.2 Å². The highest BCUT2D eigenvalue weighted by molar-refractivity contribution is 4.60. The van der Waals surface area contributed by atoms with Gasteiger partial charge in [0.1, 0.15) is 12.6 Å². The maximum Gasteiger partial charge on any atom is 0.108 e. The van der Waals surface area contributed by atoms with Gasteiger partial charge in [-0.05, 0) is 0 Å². The van der Waals surface area contributed by atoms with Crippen LogP contribution in [0.1, 0.15) is 6.42 Å². The van der Waals surface area contributed by atoms with E-state index in [0.717, 1.165) is 24.0 Å². The highest BCUT2D eigenvalue weighted by Gasteiger charge is 2.28. The van der Waals surface area contributed by atoms with Crippen LogP contribution in [0.15, 0.2) is 0 Å². The number of aliphatic hydroxyl groups excluding tert-OH is 1. The van der Waals surface area contributed by atoms with E-state index in [0.29, 0.717) is 0 Å². The van der Waals surface area contributed by atoms with Crippen molar-refractivity contribution in [1.82, 2.24) is 0 Å². The molecule has 0 saturated carbocycles. The number of halogens is 1. The molecule has 0 radical (unpaired) electrons. The van der Waals surface area contributed by atoms with Crippen LogP contribution >= 0.6 is 0 Å². The standard InChI is InChI=1S/C6H14NO.HI/c1-7(2)4-3-6(8)5-7;/h6,8H,3-5H2,1-2H3;1H/q+1;/p-1/t6-;/m1./s1. The lowest BCUT2D eigenvalue weighted by Crippen LogP contribution is -3.00. The molecule has 56 valence electrons. The van der Waals surface area contributed by atoms with Gasteiger partial charge in [-0.25, -0.2) is 0 Å². The zero-order valence-corrected chi connectivity index (χ0v) is 8.13. The molecule has 0 aromatic heterocycles. The molecule has 0 unspecified atom stereocenters. The van der Waals surface area contributed by atoms with E-state index < -0.39 is 0 Å². The van der Waals surface area contributed by atoms with E-state index >= 15 is 0 Å². The van der Waals surface area contributed by atoms with E-state index in [-0.39, 0.29) is 30.1 Å². The molecule has 1 N–H and O–H groups in total. The Balaban J connectivity index is 0.000000640. The molecular formula is C6H14INO. The first-order valence-corrected chi connectivity index (χ1v) is 3.10. The first-order chi connectivity index (χ1) is 3.60. The fraction of sp³-hybridized carbons (Fsp3) is 1.00. The van der Waals surface area contributed by atoms with E-state index in [1.807, 2.05) is 0 Å². The maximum atomic E-state index is 9.05. The summed E-state index contributed by atoms with van der Waals surface area (Å²) in [6.45, 7) is 2.06. The number of nitrogens with zero attached hydrogens (tertiary/aromatic N) is 1. The normalized spacial score (nSPS) is 31.7. The molecule has 9 heavy (non-hydrogen) atoms. The number of hydrogen-bond acceptors (Lipinski definition) is 1. The van der Waals surface area contributed by atoms with Crippen molar-refractivity contribution in [1.29, 1.82) is 0 Å². The zero-order valence-electron chi connectivity index (χ0n) is 5.97. The largest absolute Gasteiger partial charge is 1.00 e. The van der Waals surface area contributed by atoms with Crippen molar-refractivity contribution in [3.8, 4) is 0 Å². The Morgan fingerprint density at radius 1 is 1.44 bits per heavy atom. The summed E-state index contributed by atoms with van der Waals surface area (Å²) in [5, 5.41) is 9.05. The average molecular weight is 243 g/mol. The summed E-state index contributed by atoms with van der Waals surface area (Å²) in [6.07, 6.45) is 0.942. The lowest BCUT2D eigenvalue weighted by molar-refractivity contribution is -0.879. The second-order valence-corrected chi connectivity index (χ2v) is 3.28. The van der Waals surface area contributed by atoms with E-state index in [4.69, 9.17) is 5.11 Å². The first kappa shape index (κ1) is 9.65. The minimum atomic E-state index is -0.0370. The van der Waals surface area contributed by atoms with Crippen LogP contribution in [-0.2, 0) is 0 Å². The molecule has 0 aliphatic carbocycles. The van der Waals surface area contributed by atoms with E-state index in [2.05, 4.69) is 14.1 Å². The molecule has 1 atom stereocenters. The Hall–Kier alpha value is 0.650.